The molecule has 20 heavy (non-hydrogen) atoms. The lowest BCUT2D eigenvalue weighted by Crippen LogP contribution is -2.31. The predicted molar refractivity (Wildman–Crippen MR) is 84.5 cm³/mol. The maximum atomic E-state index is 13.1. The molecule has 0 spiro atoms. The number of thiophene rings is 1. The average molecular weight is 317 g/mol. The fraction of sp³-hybridized carbons (Fsp3) is 0.357. The van der Waals surface area contributed by atoms with Crippen LogP contribution in [-0.2, 0) is 0 Å². The Morgan fingerprint density at radius 3 is 2.80 bits per heavy atom. The number of hydrogen-bond acceptors (Lipinski definition) is 3. The number of halogens is 2. The van der Waals surface area contributed by atoms with E-state index in [-0.39, 0.29) is 24.1 Å². The van der Waals surface area contributed by atoms with E-state index in [0.29, 0.717) is 11.4 Å². The van der Waals surface area contributed by atoms with Gasteiger partial charge >= 0.3 is 0 Å². The molecule has 1 heterocycles. The zero-order valence-corrected chi connectivity index (χ0v) is 12.9. The van der Waals surface area contributed by atoms with Crippen molar-refractivity contribution in [2.75, 3.05) is 19.6 Å². The summed E-state index contributed by atoms with van der Waals surface area (Å²) in [5.41, 5.74) is 0. The maximum Gasteiger partial charge on any atom is 0.261 e. The lowest BCUT2D eigenvalue weighted by Gasteiger charge is -2.04. The van der Waals surface area contributed by atoms with Gasteiger partial charge in [-0.1, -0.05) is 6.92 Å². The third-order valence-electron chi connectivity index (χ3n) is 2.72. The second-order valence-corrected chi connectivity index (χ2v) is 5.38. The van der Waals surface area contributed by atoms with Crippen molar-refractivity contribution >= 4 is 39.7 Å². The second kappa shape index (κ2) is 8.19. The molecule has 3 nitrogen and oxygen atoms in total. The Labute approximate surface area is 128 Å². The van der Waals surface area contributed by atoms with E-state index in [1.165, 1.54) is 23.5 Å². The number of amides is 1. The zero-order chi connectivity index (χ0) is 13.7. The van der Waals surface area contributed by atoms with Crippen LogP contribution in [0.25, 0.3) is 10.1 Å². The largest absolute Gasteiger partial charge is 0.350 e. The quantitative estimate of drug-likeness (QED) is 0.804. The minimum absolute atomic E-state index is 0. The first-order valence-corrected chi connectivity index (χ1v) is 7.20. The number of carbonyl (C=O) groups excluding carboxylic acids is 1. The minimum Gasteiger partial charge on any atom is -0.350 e. The van der Waals surface area contributed by atoms with Crippen LogP contribution < -0.4 is 10.6 Å². The van der Waals surface area contributed by atoms with Gasteiger partial charge in [0.15, 0.2) is 0 Å². The van der Waals surface area contributed by atoms with Gasteiger partial charge in [-0.05, 0) is 42.6 Å². The van der Waals surface area contributed by atoms with Crippen LogP contribution in [0.4, 0.5) is 4.39 Å². The van der Waals surface area contributed by atoms with Crippen molar-refractivity contribution in [1.29, 1.82) is 0 Å². The summed E-state index contributed by atoms with van der Waals surface area (Å²) in [5, 5.41) is 6.84. The van der Waals surface area contributed by atoms with Crippen molar-refractivity contribution in [2.45, 2.75) is 13.3 Å². The van der Waals surface area contributed by atoms with Crippen molar-refractivity contribution in [3.63, 3.8) is 0 Å². The van der Waals surface area contributed by atoms with E-state index in [4.69, 9.17) is 0 Å². The Hall–Kier alpha value is -1.17. The van der Waals surface area contributed by atoms with Gasteiger partial charge in [0.05, 0.1) is 4.88 Å². The van der Waals surface area contributed by atoms with E-state index >= 15 is 0 Å². The molecule has 0 aliphatic carbocycles. The van der Waals surface area contributed by atoms with E-state index in [2.05, 4.69) is 17.6 Å². The van der Waals surface area contributed by atoms with E-state index < -0.39 is 0 Å². The molecule has 1 amide bonds. The molecule has 2 N–H and O–H groups in total. The molecule has 2 rings (SSSR count). The van der Waals surface area contributed by atoms with Crippen molar-refractivity contribution in [1.82, 2.24) is 10.6 Å². The SMILES string of the molecule is CCCNCCNC(=O)c1cc2cc(F)ccc2s1.Cl. The minimum atomic E-state index is -0.277. The summed E-state index contributed by atoms with van der Waals surface area (Å²) in [6.07, 6.45) is 1.08. The number of nitrogens with one attached hydrogen (secondary N) is 2. The molecule has 0 bridgehead atoms. The molecule has 0 aliphatic heterocycles. The normalized spacial score (nSPS) is 10.3. The van der Waals surface area contributed by atoms with Crippen LogP contribution in [0.5, 0.6) is 0 Å². The van der Waals surface area contributed by atoms with E-state index in [1.807, 2.05) is 0 Å². The van der Waals surface area contributed by atoms with Gasteiger partial charge in [0.2, 0.25) is 0 Å². The monoisotopic (exact) mass is 316 g/mol. The van der Waals surface area contributed by atoms with Crippen LogP contribution in [0.15, 0.2) is 24.3 Å². The van der Waals surface area contributed by atoms with Crippen LogP contribution in [0.2, 0.25) is 0 Å². The van der Waals surface area contributed by atoms with E-state index in [1.54, 1.807) is 12.1 Å². The third-order valence-corrected chi connectivity index (χ3v) is 3.83. The highest BCUT2D eigenvalue weighted by atomic mass is 35.5. The molecule has 0 atom stereocenters. The summed E-state index contributed by atoms with van der Waals surface area (Å²) < 4.78 is 14.0. The standard InChI is InChI=1S/C14H17FN2OS.ClH/c1-2-5-16-6-7-17-14(18)13-9-10-8-11(15)3-4-12(10)19-13;/h3-4,8-9,16H,2,5-7H2,1H3,(H,17,18);1H. The number of rotatable bonds is 6. The first-order valence-electron chi connectivity index (χ1n) is 6.38. The molecule has 1 aromatic carbocycles. The van der Waals surface area contributed by atoms with Crippen LogP contribution in [0.1, 0.15) is 23.0 Å². The fourth-order valence-electron chi connectivity index (χ4n) is 1.78. The van der Waals surface area contributed by atoms with E-state index in [9.17, 15) is 9.18 Å². The topological polar surface area (TPSA) is 41.1 Å². The predicted octanol–water partition coefficient (Wildman–Crippen LogP) is 3.19. The average Bonchev–Trinajstić information content (AvgIpc) is 2.81. The molecule has 110 valence electrons. The van der Waals surface area contributed by atoms with Gasteiger partial charge in [-0.15, -0.1) is 23.7 Å². The highest BCUT2D eigenvalue weighted by Crippen LogP contribution is 2.26. The summed E-state index contributed by atoms with van der Waals surface area (Å²) >= 11 is 1.38. The molecule has 0 aliphatic rings. The van der Waals surface area contributed by atoms with Gasteiger partial charge in [0.25, 0.3) is 5.91 Å². The van der Waals surface area contributed by atoms with Gasteiger partial charge in [-0.3, -0.25) is 4.79 Å². The first-order chi connectivity index (χ1) is 9.20. The van der Waals surface area contributed by atoms with Gasteiger partial charge < -0.3 is 10.6 Å². The molecule has 0 saturated heterocycles. The summed E-state index contributed by atoms with van der Waals surface area (Å²) in [6.45, 7) is 4.42. The van der Waals surface area contributed by atoms with Crippen molar-refractivity contribution in [3.05, 3.63) is 35.0 Å². The van der Waals surface area contributed by atoms with Crippen molar-refractivity contribution in [2.24, 2.45) is 0 Å². The third kappa shape index (κ3) is 4.44. The number of benzene rings is 1. The molecular weight excluding hydrogens is 299 g/mol. The van der Waals surface area contributed by atoms with Gasteiger partial charge in [-0.2, -0.15) is 0 Å². The van der Waals surface area contributed by atoms with Crippen LogP contribution in [-0.4, -0.2) is 25.5 Å². The lowest BCUT2D eigenvalue weighted by molar-refractivity contribution is 0.0958. The highest BCUT2D eigenvalue weighted by molar-refractivity contribution is 7.20. The van der Waals surface area contributed by atoms with Gasteiger partial charge in [0, 0.05) is 17.8 Å². The lowest BCUT2D eigenvalue weighted by atomic mass is 10.2. The molecule has 6 heteroatoms. The Morgan fingerprint density at radius 1 is 1.25 bits per heavy atom. The van der Waals surface area contributed by atoms with Crippen molar-refractivity contribution < 1.29 is 9.18 Å². The summed E-state index contributed by atoms with van der Waals surface area (Å²) in [7, 11) is 0. The molecule has 1 aromatic heterocycles. The maximum absolute atomic E-state index is 13.1. The Balaban J connectivity index is 0.00000200. The number of carbonyl (C=O) groups is 1. The molecule has 0 radical (unpaired) electrons. The highest BCUT2D eigenvalue weighted by Gasteiger charge is 2.09. The summed E-state index contributed by atoms with van der Waals surface area (Å²) in [6, 6.07) is 6.30. The van der Waals surface area contributed by atoms with Crippen LogP contribution >= 0.6 is 23.7 Å². The summed E-state index contributed by atoms with van der Waals surface area (Å²) in [5.74, 6) is -0.374. The van der Waals surface area contributed by atoms with Crippen molar-refractivity contribution in [3.8, 4) is 0 Å². The first kappa shape index (κ1) is 16.9. The van der Waals surface area contributed by atoms with Crippen LogP contribution in [0.3, 0.4) is 0 Å². The van der Waals surface area contributed by atoms with Crippen LogP contribution in [0, 0.1) is 5.82 Å². The Morgan fingerprint density at radius 2 is 2.05 bits per heavy atom. The molecule has 2 aromatic rings. The molecule has 0 unspecified atom stereocenters. The number of fused-ring (bicyclic) bond motifs is 1. The number of hydrogen-bond donors (Lipinski definition) is 2. The van der Waals surface area contributed by atoms with Gasteiger partial charge in [0.1, 0.15) is 5.82 Å². The molecule has 0 fully saturated rings. The Kier molecular flexibility index (Phi) is 6.91. The fourth-order valence-corrected chi connectivity index (χ4v) is 2.74. The van der Waals surface area contributed by atoms with Gasteiger partial charge in [-0.25, -0.2) is 4.39 Å². The Bertz CT molecular complexity index is 573. The smallest absolute Gasteiger partial charge is 0.261 e. The zero-order valence-electron chi connectivity index (χ0n) is 11.2. The summed E-state index contributed by atoms with van der Waals surface area (Å²) in [4.78, 5) is 12.5. The van der Waals surface area contributed by atoms with E-state index in [0.717, 1.165) is 29.6 Å². The second-order valence-electron chi connectivity index (χ2n) is 4.30. The molecule has 0 saturated carbocycles. The molecular formula is C14H18ClFN2OS.